The van der Waals surface area contributed by atoms with Crippen molar-refractivity contribution in [2.45, 2.75) is 25.3 Å². The molecule has 1 aromatic heterocycles. The number of nitrogens with one attached hydrogen (secondary N) is 1. The maximum absolute atomic E-state index is 8.80. The molecule has 19 heavy (non-hydrogen) atoms. The van der Waals surface area contributed by atoms with Crippen molar-refractivity contribution in [1.29, 1.82) is 5.26 Å². The fourth-order valence-electron chi connectivity index (χ4n) is 2.36. The molecule has 1 N–H and O–H groups in total. The lowest BCUT2D eigenvalue weighted by Gasteiger charge is -2.21. The fourth-order valence-corrected chi connectivity index (χ4v) is 3.30. The first-order valence-corrected chi connectivity index (χ1v) is 7.44. The van der Waals surface area contributed by atoms with E-state index in [1.807, 2.05) is 24.3 Å². The highest BCUT2D eigenvalue weighted by Crippen LogP contribution is 2.29. The number of rotatable bonds is 2. The van der Waals surface area contributed by atoms with Crippen LogP contribution in [0, 0.1) is 11.3 Å². The first kappa shape index (κ1) is 12.3. The first-order chi connectivity index (χ1) is 9.36. The van der Waals surface area contributed by atoms with Crippen molar-refractivity contribution in [2.75, 3.05) is 6.54 Å². The summed E-state index contributed by atoms with van der Waals surface area (Å²) in [5, 5.41) is 15.6. The topological polar surface area (TPSA) is 48.7 Å². The molecule has 1 saturated heterocycles. The summed E-state index contributed by atoms with van der Waals surface area (Å²) in [6.45, 7) is 1.09. The van der Waals surface area contributed by atoms with Crippen molar-refractivity contribution in [2.24, 2.45) is 0 Å². The van der Waals surface area contributed by atoms with Gasteiger partial charge < -0.3 is 5.32 Å². The maximum Gasteiger partial charge on any atom is 0.110 e. The van der Waals surface area contributed by atoms with Gasteiger partial charge in [0.25, 0.3) is 0 Å². The average molecular weight is 269 g/mol. The molecule has 0 aliphatic carbocycles. The number of aromatic nitrogens is 1. The quantitative estimate of drug-likeness (QED) is 0.907. The second kappa shape index (κ2) is 5.52. The van der Waals surface area contributed by atoms with Crippen molar-refractivity contribution in [3.8, 4) is 17.3 Å². The van der Waals surface area contributed by atoms with E-state index in [1.165, 1.54) is 24.3 Å². The highest BCUT2D eigenvalue weighted by molar-refractivity contribution is 7.10. The highest BCUT2D eigenvalue weighted by atomic mass is 32.1. The number of hydrogen-bond donors (Lipinski definition) is 1. The van der Waals surface area contributed by atoms with Crippen LogP contribution in [0.1, 0.15) is 35.9 Å². The second-order valence-corrected chi connectivity index (χ2v) is 5.65. The second-order valence-electron chi connectivity index (χ2n) is 4.76. The first-order valence-electron chi connectivity index (χ1n) is 6.56. The molecule has 1 atom stereocenters. The number of benzene rings is 1. The Morgan fingerprint density at radius 1 is 1.26 bits per heavy atom. The average Bonchev–Trinajstić information content (AvgIpc) is 2.98. The molecule has 2 aromatic rings. The minimum absolute atomic E-state index is 0.422. The smallest absolute Gasteiger partial charge is 0.110 e. The van der Waals surface area contributed by atoms with Crippen LogP contribution in [0.3, 0.4) is 0 Å². The Morgan fingerprint density at radius 3 is 2.79 bits per heavy atom. The van der Waals surface area contributed by atoms with E-state index in [9.17, 15) is 0 Å². The van der Waals surface area contributed by atoms with Crippen LogP contribution in [0.25, 0.3) is 11.3 Å². The summed E-state index contributed by atoms with van der Waals surface area (Å²) in [5.74, 6) is 0. The Kier molecular flexibility index (Phi) is 3.58. The molecule has 1 fully saturated rings. The largest absolute Gasteiger partial charge is 0.308 e. The summed E-state index contributed by atoms with van der Waals surface area (Å²) in [6, 6.07) is 10.2. The Bertz CT molecular complexity index is 589. The minimum atomic E-state index is 0.422. The summed E-state index contributed by atoms with van der Waals surface area (Å²) in [7, 11) is 0. The van der Waals surface area contributed by atoms with Crippen LogP contribution in [0.15, 0.2) is 29.6 Å². The van der Waals surface area contributed by atoms with Crippen molar-refractivity contribution in [3.63, 3.8) is 0 Å². The maximum atomic E-state index is 8.80. The molecule has 0 saturated carbocycles. The van der Waals surface area contributed by atoms with Crippen LogP contribution in [-0.2, 0) is 0 Å². The van der Waals surface area contributed by atoms with E-state index in [0.29, 0.717) is 11.6 Å². The van der Waals surface area contributed by atoms with Crippen LogP contribution in [-0.4, -0.2) is 11.5 Å². The molecule has 0 radical (unpaired) electrons. The monoisotopic (exact) mass is 269 g/mol. The predicted octanol–water partition coefficient (Wildman–Crippen LogP) is 3.50. The molecule has 0 spiro atoms. The summed E-state index contributed by atoms with van der Waals surface area (Å²) < 4.78 is 0. The van der Waals surface area contributed by atoms with Crippen molar-refractivity contribution in [1.82, 2.24) is 10.3 Å². The van der Waals surface area contributed by atoms with Crippen LogP contribution in [0.2, 0.25) is 0 Å². The van der Waals surface area contributed by atoms with Gasteiger partial charge in [-0.1, -0.05) is 18.6 Å². The number of nitriles is 1. The van der Waals surface area contributed by atoms with Crippen molar-refractivity contribution < 1.29 is 0 Å². The van der Waals surface area contributed by atoms with Crippen molar-refractivity contribution >= 4 is 11.3 Å². The van der Waals surface area contributed by atoms with Gasteiger partial charge in [-0.3, -0.25) is 0 Å². The Hall–Kier alpha value is -1.70. The van der Waals surface area contributed by atoms with Crippen LogP contribution < -0.4 is 5.32 Å². The van der Waals surface area contributed by atoms with E-state index in [0.717, 1.165) is 17.8 Å². The van der Waals surface area contributed by atoms with Gasteiger partial charge in [-0.15, -0.1) is 11.3 Å². The molecule has 2 heterocycles. The SMILES string of the molecule is N#Cc1ccc(-c2csc(C3CCCCN3)n2)cc1. The van der Waals surface area contributed by atoms with Crippen LogP contribution >= 0.6 is 11.3 Å². The number of hydrogen-bond acceptors (Lipinski definition) is 4. The minimum Gasteiger partial charge on any atom is -0.308 e. The van der Waals surface area contributed by atoms with E-state index < -0.39 is 0 Å². The third-order valence-corrected chi connectivity index (χ3v) is 4.40. The third-order valence-electron chi connectivity index (χ3n) is 3.44. The zero-order valence-electron chi connectivity index (χ0n) is 10.6. The molecule has 3 nitrogen and oxygen atoms in total. The Balaban J connectivity index is 1.81. The molecule has 3 rings (SSSR count). The number of thiazole rings is 1. The standard InChI is InChI=1S/C15H15N3S/c16-9-11-4-6-12(7-5-11)14-10-19-15(18-14)13-3-1-2-8-17-13/h4-7,10,13,17H,1-3,8H2. The predicted molar refractivity (Wildman–Crippen MR) is 76.9 cm³/mol. The molecule has 1 unspecified atom stereocenters. The lowest BCUT2D eigenvalue weighted by molar-refractivity contribution is 0.411. The van der Waals surface area contributed by atoms with Crippen LogP contribution in [0.4, 0.5) is 0 Å². The van der Waals surface area contributed by atoms with Gasteiger partial charge in [-0.2, -0.15) is 5.26 Å². The van der Waals surface area contributed by atoms with Crippen LogP contribution in [0.5, 0.6) is 0 Å². The van der Waals surface area contributed by atoms with E-state index in [-0.39, 0.29) is 0 Å². The Labute approximate surface area is 116 Å². The van der Waals surface area contributed by atoms with Gasteiger partial charge in [0, 0.05) is 10.9 Å². The summed E-state index contributed by atoms with van der Waals surface area (Å²) in [6.07, 6.45) is 3.73. The van der Waals surface area contributed by atoms with E-state index in [1.54, 1.807) is 11.3 Å². The lowest BCUT2D eigenvalue weighted by Crippen LogP contribution is -2.26. The molecular weight excluding hydrogens is 254 g/mol. The number of piperidine rings is 1. The number of nitrogens with zero attached hydrogens (tertiary/aromatic N) is 2. The molecular formula is C15H15N3S. The Morgan fingerprint density at radius 2 is 2.11 bits per heavy atom. The zero-order chi connectivity index (χ0) is 13.1. The molecule has 0 amide bonds. The summed E-state index contributed by atoms with van der Waals surface area (Å²) in [5.41, 5.74) is 2.78. The molecule has 1 aromatic carbocycles. The van der Waals surface area contributed by atoms with Gasteiger partial charge >= 0.3 is 0 Å². The zero-order valence-corrected chi connectivity index (χ0v) is 11.4. The summed E-state index contributed by atoms with van der Waals surface area (Å²) >= 11 is 1.72. The normalized spacial score (nSPS) is 19.0. The fraction of sp³-hybridized carbons (Fsp3) is 0.333. The molecule has 0 bridgehead atoms. The van der Waals surface area contributed by atoms with Crippen molar-refractivity contribution in [3.05, 3.63) is 40.2 Å². The third kappa shape index (κ3) is 2.67. The lowest BCUT2D eigenvalue weighted by atomic mass is 10.1. The molecule has 1 aliphatic heterocycles. The summed E-state index contributed by atoms with van der Waals surface area (Å²) in [4.78, 5) is 4.73. The molecule has 1 aliphatic rings. The highest BCUT2D eigenvalue weighted by Gasteiger charge is 2.18. The van der Waals surface area contributed by atoms with E-state index >= 15 is 0 Å². The van der Waals surface area contributed by atoms with Gasteiger partial charge in [-0.25, -0.2) is 4.98 Å². The van der Waals surface area contributed by atoms with E-state index in [2.05, 4.69) is 16.8 Å². The van der Waals surface area contributed by atoms with E-state index in [4.69, 9.17) is 10.2 Å². The molecule has 96 valence electrons. The molecule has 4 heteroatoms. The van der Waals surface area contributed by atoms with Gasteiger partial charge in [-0.05, 0) is 31.5 Å². The van der Waals surface area contributed by atoms with Gasteiger partial charge in [0.05, 0.1) is 23.4 Å². The van der Waals surface area contributed by atoms with Gasteiger partial charge in [0.15, 0.2) is 0 Å². The van der Waals surface area contributed by atoms with Gasteiger partial charge in [0.1, 0.15) is 5.01 Å². The van der Waals surface area contributed by atoms with Gasteiger partial charge in [0.2, 0.25) is 0 Å².